The molecule has 146 valence electrons. The van der Waals surface area contributed by atoms with Crippen LogP contribution in [0.15, 0.2) is 42.5 Å². The lowest BCUT2D eigenvalue weighted by Gasteiger charge is -2.19. The lowest BCUT2D eigenvalue weighted by Crippen LogP contribution is -2.28. The summed E-state index contributed by atoms with van der Waals surface area (Å²) in [5.41, 5.74) is 2.52. The molecule has 0 fully saturated rings. The van der Waals surface area contributed by atoms with Crippen LogP contribution in [-0.4, -0.2) is 35.6 Å². The van der Waals surface area contributed by atoms with Gasteiger partial charge in [0.1, 0.15) is 0 Å². The van der Waals surface area contributed by atoms with Gasteiger partial charge in [0.2, 0.25) is 5.91 Å². The molecule has 0 saturated heterocycles. The largest absolute Gasteiger partial charge is 0.502 e. The Kier molecular flexibility index (Phi) is 6.16. The molecule has 8 heteroatoms. The molecule has 1 amide bonds. The number of hydrogen-bond donors (Lipinski definition) is 2. The lowest BCUT2D eigenvalue weighted by atomic mass is 10.1. The van der Waals surface area contributed by atoms with E-state index in [0.717, 1.165) is 31.0 Å². The summed E-state index contributed by atoms with van der Waals surface area (Å²) < 4.78 is 0. The zero-order chi connectivity index (χ0) is 20.1. The Hall–Kier alpha value is -3.06. The van der Waals surface area contributed by atoms with Gasteiger partial charge in [0.25, 0.3) is 0 Å². The van der Waals surface area contributed by atoms with Crippen LogP contribution in [0.1, 0.15) is 17.5 Å². The molecule has 0 spiro atoms. The maximum atomic E-state index is 11.9. The van der Waals surface area contributed by atoms with Crippen LogP contribution in [0.3, 0.4) is 0 Å². The van der Waals surface area contributed by atoms with Crippen molar-refractivity contribution in [2.24, 2.45) is 0 Å². The van der Waals surface area contributed by atoms with E-state index in [1.807, 2.05) is 18.2 Å². The Labute approximate surface area is 167 Å². The number of rotatable bonds is 7. The number of phenolic OH excluding ortho intramolecular Hbond substituents is 1. The van der Waals surface area contributed by atoms with Crippen molar-refractivity contribution in [1.29, 1.82) is 0 Å². The molecule has 0 aromatic heterocycles. The number of nitrogens with zero attached hydrogens (tertiary/aromatic N) is 2. The fourth-order valence-corrected chi connectivity index (χ4v) is 3.37. The predicted octanol–water partition coefficient (Wildman–Crippen LogP) is 3.54. The third-order valence-corrected chi connectivity index (χ3v) is 4.80. The molecule has 1 aliphatic heterocycles. The highest BCUT2D eigenvalue weighted by Crippen LogP contribution is 2.30. The van der Waals surface area contributed by atoms with Gasteiger partial charge in [-0.2, -0.15) is 0 Å². The summed E-state index contributed by atoms with van der Waals surface area (Å²) in [6, 6.07) is 9.87. The van der Waals surface area contributed by atoms with Crippen LogP contribution in [0.2, 0.25) is 5.02 Å². The number of halogens is 1. The van der Waals surface area contributed by atoms with E-state index in [-0.39, 0.29) is 5.91 Å². The van der Waals surface area contributed by atoms with E-state index < -0.39 is 16.4 Å². The standard InChI is InChI=1S/C20H20ClN3O4/c21-16-4-5-17-15(13-16)8-11-23(17)10-1-9-22-20(26)7-3-14-2-6-19(25)18(12-14)24(27)28/h2-7,12-13,25H,1,8-11H2,(H,22,26)/b7-3+. The quantitative estimate of drug-likeness (QED) is 0.320. The van der Waals surface area contributed by atoms with Crippen LogP contribution >= 0.6 is 11.6 Å². The molecule has 3 rings (SSSR count). The second-order valence-electron chi connectivity index (χ2n) is 6.49. The zero-order valence-electron chi connectivity index (χ0n) is 15.1. The van der Waals surface area contributed by atoms with Crippen LogP contribution in [-0.2, 0) is 11.2 Å². The van der Waals surface area contributed by atoms with Gasteiger partial charge in [-0.05, 0) is 54.3 Å². The van der Waals surface area contributed by atoms with Crippen molar-refractivity contribution in [3.8, 4) is 5.75 Å². The van der Waals surface area contributed by atoms with Gasteiger partial charge in [-0.15, -0.1) is 0 Å². The van der Waals surface area contributed by atoms with Gasteiger partial charge in [0.05, 0.1) is 4.92 Å². The molecule has 2 aromatic rings. The predicted molar refractivity (Wildman–Crippen MR) is 109 cm³/mol. The van der Waals surface area contributed by atoms with Crippen LogP contribution in [0.5, 0.6) is 5.75 Å². The number of fused-ring (bicyclic) bond motifs is 1. The number of nitro benzene ring substituents is 1. The fourth-order valence-electron chi connectivity index (χ4n) is 3.17. The molecule has 0 aliphatic carbocycles. The molecular formula is C20H20ClN3O4. The van der Waals surface area contributed by atoms with Crippen LogP contribution < -0.4 is 10.2 Å². The number of nitrogens with one attached hydrogen (secondary N) is 1. The first-order valence-electron chi connectivity index (χ1n) is 8.91. The Morgan fingerprint density at radius 2 is 2.14 bits per heavy atom. The van der Waals surface area contributed by atoms with Gasteiger partial charge in [-0.3, -0.25) is 14.9 Å². The Bertz CT molecular complexity index is 930. The number of anilines is 1. The monoisotopic (exact) mass is 401 g/mol. The number of amides is 1. The number of hydrogen-bond acceptors (Lipinski definition) is 5. The average molecular weight is 402 g/mol. The topological polar surface area (TPSA) is 95.7 Å². The smallest absolute Gasteiger partial charge is 0.311 e. The fraction of sp³-hybridized carbons (Fsp3) is 0.250. The Morgan fingerprint density at radius 3 is 2.93 bits per heavy atom. The maximum Gasteiger partial charge on any atom is 0.311 e. The van der Waals surface area contributed by atoms with E-state index in [2.05, 4.69) is 10.2 Å². The highest BCUT2D eigenvalue weighted by molar-refractivity contribution is 6.30. The number of benzene rings is 2. The van der Waals surface area contributed by atoms with Gasteiger partial charge in [-0.25, -0.2) is 0 Å². The van der Waals surface area contributed by atoms with E-state index in [1.165, 1.54) is 41.6 Å². The van der Waals surface area contributed by atoms with E-state index in [0.29, 0.717) is 12.1 Å². The van der Waals surface area contributed by atoms with Gasteiger partial charge in [0, 0.05) is 42.5 Å². The molecule has 0 radical (unpaired) electrons. The minimum absolute atomic E-state index is 0.274. The molecule has 1 heterocycles. The van der Waals surface area contributed by atoms with Crippen molar-refractivity contribution in [3.63, 3.8) is 0 Å². The summed E-state index contributed by atoms with van der Waals surface area (Å²) in [4.78, 5) is 24.4. The number of aromatic hydroxyl groups is 1. The summed E-state index contributed by atoms with van der Waals surface area (Å²) in [6.45, 7) is 2.31. The molecule has 0 saturated carbocycles. The number of phenols is 1. The van der Waals surface area contributed by atoms with Crippen molar-refractivity contribution in [2.75, 3.05) is 24.5 Å². The summed E-state index contributed by atoms with van der Waals surface area (Å²) >= 11 is 6.02. The zero-order valence-corrected chi connectivity index (χ0v) is 15.9. The Morgan fingerprint density at radius 1 is 1.32 bits per heavy atom. The second-order valence-corrected chi connectivity index (χ2v) is 6.93. The summed E-state index contributed by atoms with van der Waals surface area (Å²) in [5, 5.41) is 23.8. The summed E-state index contributed by atoms with van der Waals surface area (Å²) in [6.07, 6.45) is 4.57. The van der Waals surface area contributed by atoms with Gasteiger partial charge in [-0.1, -0.05) is 17.7 Å². The average Bonchev–Trinajstić information content (AvgIpc) is 3.06. The molecule has 0 unspecified atom stereocenters. The van der Waals surface area contributed by atoms with Crippen molar-refractivity contribution < 1.29 is 14.8 Å². The van der Waals surface area contributed by atoms with Crippen LogP contribution in [0, 0.1) is 10.1 Å². The first kappa shape index (κ1) is 19.7. The number of nitro groups is 1. The minimum atomic E-state index is -0.669. The first-order valence-corrected chi connectivity index (χ1v) is 9.28. The molecular weight excluding hydrogens is 382 g/mol. The van der Waals surface area contributed by atoms with Crippen molar-refractivity contribution in [3.05, 3.63) is 68.7 Å². The summed E-state index contributed by atoms with van der Waals surface area (Å²) in [7, 11) is 0. The van der Waals surface area contributed by atoms with E-state index in [9.17, 15) is 20.0 Å². The van der Waals surface area contributed by atoms with E-state index >= 15 is 0 Å². The highest BCUT2D eigenvalue weighted by Gasteiger charge is 2.18. The second kappa shape index (κ2) is 8.75. The molecule has 7 nitrogen and oxygen atoms in total. The molecule has 2 N–H and O–H groups in total. The van der Waals surface area contributed by atoms with E-state index in [1.54, 1.807) is 0 Å². The van der Waals surface area contributed by atoms with Gasteiger partial charge < -0.3 is 15.3 Å². The SMILES string of the molecule is O=C(/C=C/c1ccc(O)c([N+](=O)[O-])c1)NCCCN1CCc2cc(Cl)ccc21. The van der Waals surface area contributed by atoms with Crippen molar-refractivity contribution in [1.82, 2.24) is 5.32 Å². The number of carbonyl (C=O) groups is 1. The number of carbonyl (C=O) groups excluding carboxylic acids is 1. The molecule has 0 bridgehead atoms. The third-order valence-electron chi connectivity index (χ3n) is 4.56. The molecule has 28 heavy (non-hydrogen) atoms. The maximum absolute atomic E-state index is 11.9. The van der Waals surface area contributed by atoms with Gasteiger partial charge in [0.15, 0.2) is 5.75 Å². The van der Waals surface area contributed by atoms with Crippen molar-refractivity contribution in [2.45, 2.75) is 12.8 Å². The third kappa shape index (κ3) is 4.80. The summed E-state index contributed by atoms with van der Waals surface area (Å²) in [5.74, 6) is -0.679. The normalized spacial score (nSPS) is 13.0. The minimum Gasteiger partial charge on any atom is -0.502 e. The molecule has 1 aliphatic rings. The van der Waals surface area contributed by atoms with Crippen LogP contribution in [0.25, 0.3) is 6.08 Å². The van der Waals surface area contributed by atoms with E-state index in [4.69, 9.17) is 11.6 Å². The van der Waals surface area contributed by atoms with Crippen LogP contribution in [0.4, 0.5) is 11.4 Å². The van der Waals surface area contributed by atoms with Crippen molar-refractivity contribution >= 4 is 35.0 Å². The lowest BCUT2D eigenvalue weighted by molar-refractivity contribution is -0.385. The highest BCUT2D eigenvalue weighted by atomic mass is 35.5. The molecule has 0 atom stereocenters. The first-order chi connectivity index (χ1) is 13.4. The Balaban J connectivity index is 1.45. The molecule has 2 aromatic carbocycles. The van der Waals surface area contributed by atoms with Gasteiger partial charge >= 0.3 is 5.69 Å².